The highest BCUT2D eigenvalue weighted by Gasteiger charge is 2.20. The van der Waals surface area contributed by atoms with Gasteiger partial charge in [0.15, 0.2) is 0 Å². The Morgan fingerprint density at radius 1 is 1.09 bits per heavy atom. The maximum Gasteiger partial charge on any atom is 0.245 e. The van der Waals surface area contributed by atoms with Crippen LogP contribution in [0, 0.1) is 0 Å². The van der Waals surface area contributed by atoms with Gasteiger partial charge in [-0.1, -0.05) is 11.6 Å². The summed E-state index contributed by atoms with van der Waals surface area (Å²) in [5, 5.41) is 22.1. The van der Waals surface area contributed by atoms with E-state index < -0.39 is 0 Å². The number of aromatic nitrogens is 7. The molecule has 0 atom stereocenters. The summed E-state index contributed by atoms with van der Waals surface area (Å²) in [6.07, 6.45) is 8.10. The van der Waals surface area contributed by atoms with E-state index in [1.807, 2.05) is 37.5 Å². The zero-order valence-electron chi connectivity index (χ0n) is 17.4. The number of piperidine rings is 1. The molecule has 1 fully saturated rings. The Bertz CT molecular complexity index is 1210. The lowest BCUT2D eigenvalue weighted by Gasteiger charge is -2.28. The second-order valence-electron chi connectivity index (χ2n) is 7.67. The first-order valence-electron chi connectivity index (χ1n) is 10.3. The molecule has 10 nitrogen and oxygen atoms in total. The summed E-state index contributed by atoms with van der Waals surface area (Å²) >= 11 is 6.28. The fourth-order valence-electron chi connectivity index (χ4n) is 3.59. The van der Waals surface area contributed by atoms with E-state index in [0.29, 0.717) is 22.6 Å². The van der Waals surface area contributed by atoms with Crippen molar-refractivity contribution in [2.24, 2.45) is 7.05 Å². The predicted octanol–water partition coefficient (Wildman–Crippen LogP) is 2.82. The highest BCUT2D eigenvalue weighted by molar-refractivity contribution is 6.32. The van der Waals surface area contributed by atoms with E-state index in [0.717, 1.165) is 42.9 Å². The van der Waals surface area contributed by atoms with Crippen LogP contribution in [0.25, 0.3) is 16.9 Å². The summed E-state index contributed by atoms with van der Waals surface area (Å²) in [6, 6.07) is 7.74. The number of benzene rings is 1. The number of anilines is 3. The molecule has 0 aliphatic carbocycles. The Hall–Kier alpha value is -3.50. The Morgan fingerprint density at radius 2 is 1.88 bits per heavy atom. The van der Waals surface area contributed by atoms with E-state index in [2.05, 4.69) is 35.4 Å². The highest BCUT2D eigenvalue weighted by atomic mass is 35.5. The average Bonchev–Trinajstić information content (AvgIpc) is 3.46. The number of aryl methyl sites for hydroxylation is 1. The van der Waals surface area contributed by atoms with Crippen LogP contribution in [0.2, 0.25) is 5.02 Å². The lowest BCUT2D eigenvalue weighted by atomic mass is 10.1. The van der Waals surface area contributed by atoms with Gasteiger partial charge in [0, 0.05) is 37.6 Å². The molecule has 0 bridgehead atoms. The fourth-order valence-corrected chi connectivity index (χ4v) is 3.79. The maximum absolute atomic E-state index is 9.68. The molecule has 1 aliphatic rings. The van der Waals surface area contributed by atoms with Gasteiger partial charge in [-0.2, -0.15) is 10.1 Å². The number of hydrogen-bond acceptors (Lipinski definition) is 8. The molecule has 4 heterocycles. The van der Waals surface area contributed by atoms with Crippen molar-refractivity contribution in [1.29, 1.82) is 0 Å². The molecule has 0 amide bonds. The van der Waals surface area contributed by atoms with Crippen molar-refractivity contribution < 1.29 is 5.11 Å². The van der Waals surface area contributed by atoms with Gasteiger partial charge in [-0.25, -0.2) is 14.6 Å². The van der Waals surface area contributed by atoms with Crippen molar-refractivity contribution in [3.05, 3.63) is 54.2 Å². The van der Waals surface area contributed by atoms with E-state index in [-0.39, 0.29) is 6.10 Å². The number of aliphatic hydroxyl groups is 1. The van der Waals surface area contributed by atoms with Crippen LogP contribution in [0.3, 0.4) is 0 Å². The lowest BCUT2D eigenvalue weighted by molar-refractivity contribution is 0.145. The van der Waals surface area contributed by atoms with Crippen molar-refractivity contribution in [3.8, 4) is 16.9 Å². The van der Waals surface area contributed by atoms with Crippen LogP contribution in [0.1, 0.15) is 12.8 Å². The zero-order chi connectivity index (χ0) is 22.1. The van der Waals surface area contributed by atoms with Gasteiger partial charge in [-0.15, -0.1) is 5.10 Å². The monoisotopic (exact) mass is 451 g/mol. The molecule has 0 spiro atoms. The van der Waals surface area contributed by atoms with E-state index in [1.54, 1.807) is 28.1 Å². The summed E-state index contributed by atoms with van der Waals surface area (Å²) in [6.45, 7) is 1.52. The third-order valence-electron chi connectivity index (χ3n) is 5.34. The molecule has 32 heavy (non-hydrogen) atoms. The Morgan fingerprint density at radius 3 is 2.59 bits per heavy atom. The molecule has 11 heteroatoms. The minimum absolute atomic E-state index is 0.224. The first-order valence-corrected chi connectivity index (χ1v) is 10.7. The van der Waals surface area contributed by atoms with Gasteiger partial charge in [0.25, 0.3) is 0 Å². The number of nitrogens with zero attached hydrogens (tertiary/aromatic N) is 8. The topological polar surface area (TPSA) is 110 Å². The summed E-state index contributed by atoms with van der Waals surface area (Å²) in [4.78, 5) is 15.3. The van der Waals surface area contributed by atoms with Crippen LogP contribution in [0.4, 0.5) is 17.6 Å². The van der Waals surface area contributed by atoms with Gasteiger partial charge >= 0.3 is 0 Å². The summed E-state index contributed by atoms with van der Waals surface area (Å²) in [5.41, 5.74) is 3.16. The number of hydrogen-bond donors (Lipinski definition) is 2. The van der Waals surface area contributed by atoms with Gasteiger partial charge in [0.2, 0.25) is 11.9 Å². The molecular weight excluding hydrogens is 430 g/mol. The minimum atomic E-state index is -0.224. The summed E-state index contributed by atoms with van der Waals surface area (Å²) < 4.78 is 3.44. The third-order valence-corrected chi connectivity index (χ3v) is 5.61. The van der Waals surface area contributed by atoms with Crippen LogP contribution in [-0.4, -0.2) is 58.8 Å². The van der Waals surface area contributed by atoms with Crippen LogP contribution in [-0.2, 0) is 7.05 Å². The average molecular weight is 452 g/mol. The van der Waals surface area contributed by atoms with Crippen molar-refractivity contribution in [2.45, 2.75) is 18.9 Å². The SMILES string of the molecule is Cn1cc(-c2nc(Nc3ccc(-n4cnc(N5CCC(O)CC5)n4)cc3)ncc2Cl)cn1. The Balaban J connectivity index is 1.30. The van der Waals surface area contributed by atoms with E-state index in [9.17, 15) is 5.11 Å². The van der Waals surface area contributed by atoms with Crippen LogP contribution < -0.4 is 10.2 Å². The third kappa shape index (κ3) is 4.27. The Kier molecular flexibility index (Phi) is 5.46. The molecule has 0 unspecified atom stereocenters. The second kappa shape index (κ2) is 8.56. The molecule has 2 N–H and O–H groups in total. The second-order valence-corrected chi connectivity index (χ2v) is 8.08. The predicted molar refractivity (Wildman–Crippen MR) is 121 cm³/mol. The summed E-state index contributed by atoms with van der Waals surface area (Å²) in [5.74, 6) is 1.12. The molecule has 1 aliphatic heterocycles. The summed E-state index contributed by atoms with van der Waals surface area (Å²) in [7, 11) is 1.84. The number of rotatable bonds is 5. The standard InChI is InChI=1S/C21H22ClN9O/c1-29-12-14(10-25-29)19-18(22)11-23-20(27-19)26-15-2-4-16(5-3-15)31-13-24-21(28-31)30-8-6-17(32)7-9-30/h2-5,10-13,17,32H,6-9H2,1H3,(H,23,26,27). The highest BCUT2D eigenvalue weighted by Crippen LogP contribution is 2.27. The molecule has 0 saturated carbocycles. The number of aliphatic hydroxyl groups excluding tert-OH is 1. The van der Waals surface area contributed by atoms with Crippen LogP contribution in [0.5, 0.6) is 0 Å². The van der Waals surface area contributed by atoms with Gasteiger partial charge in [-0.3, -0.25) is 4.68 Å². The van der Waals surface area contributed by atoms with E-state index in [1.165, 1.54) is 0 Å². The van der Waals surface area contributed by atoms with Gasteiger partial charge in [0.05, 0.1) is 34.9 Å². The molecule has 1 saturated heterocycles. The molecule has 5 rings (SSSR count). The number of nitrogens with one attached hydrogen (secondary N) is 1. The van der Waals surface area contributed by atoms with Crippen LogP contribution >= 0.6 is 11.6 Å². The molecule has 3 aromatic heterocycles. The van der Waals surface area contributed by atoms with Crippen molar-refractivity contribution in [2.75, 3.05) is 23.3 Å². The normalized spacial score (nSPS) is 14.7. The van der Waals surface area contributed by atoms with E-state index >= 15 is 0 Å². The van der Waals surface area contributed by atoms with Crippen molar-refractivity contribution >= 4 is 29.2 Å². The maximum atomic E-state index is 9.68. The smallest absolute Gasteiger partial charge is 0.245 e. The lowest BCUT2D eigenvalue weighted by Crippen LogP contribution is -2.36. The molecule has 0 radical (unpaired) electrons. The Labute approximate surface area is 189 Å². The molecule has 1 aromatic carbocycles. The van der Waals surface area contributed by atoms with Crippen LogP contribution in [0.15, 0.2) is 49.2 Å². The minimum Gasteiger partial charge on any atom is -0.393 e. The molecule has 164 valence electrons. The zero-order valence-corrected chi connectivity index (χ0v) is 18.2. The van der Waals surface area contributed by atoms with E-state index in [4.69, 9.17) is 11.6 Å². The first kappa shape index (κ1) is 20.4. The largest absolute Gasteiger partial charge is 0.393 e. The first-order chi connectivity index (χ1) is 15.5. The number of halogens is 1. The molecular formula is C21H22ClN9O. The quantitative estimate of drug-likeness (QED) is 0.476. The van der Waals surface area contributed by atoms with Gasteiger partial charge < -0.3 is 15.3 Å². The van der Waals surface area contributed by atoms with Crippen molar-refractivity contribution in [3.63, 3.8) is 0 Å². The van der Waals surface area contributed by atoms with Gasteiger partial charge in [0.1, 0.15) is 6.33 Å². The fraction of sp³-hybridized carbons (Fsp3) is 0.286. The molecule has 4 aromatic rings. The van der Waals surface area contributed by atoms with Crippen molar-refractivity contribution in [1.82, 2.24) is 34.5 Å². The van der Waals surface area contributed by atoms with Gasteiger partial charge in [-0.05, 0) is 37.1 Å².